The van der Waals surface area contributed by atoms with Crippen molar-refractivity contribution < 1.29 is 14.5 Å². The predicted molar refractivity (Wildman–Crippen MR) is 115 cm³/mol. The van der Waals surface area contributed by atoms with E-state index in [1.165, 1.54) is 13.3 Å². The second kappa shape index (κ2) is 8.15. The highest BCUT2D eigenvalue weighted by Gasteiger charge is 2.26. The Kier molecular flexibility index (Phi) is 5.23. The van der Waals surface area contributed by atoms with Crippen molar-refractivity contribution in [3.63, 3.8) is 0 Å². The summed E-state index contributed by atoms with van der Waals surface area (Å²) in [5.74, 6) is 0.0301. The molecular weight excluding hydrogens is 398 g/mol. The van der Waals surface area contributed by atoms with Gasteiger partial charge < -0.3 is 10.1 Å². The Morgan fingerprint density at radius 3 is 2.55 bits per heavy atom. The van der Waals surface area contributed by atoms with Gasteiger partial charge in [0.25, 0.3) is 0 Å². The number of Topliss-reactive ketones (excluding diaryl/α,β-unsaturated/α-hetero) is 1. The van der Waals surface area contributed by atoms with E-state index in [4.69, 9.17) is 4.74 Å². The number of nitrogens with one attached hydrogen (secondary N) is 1. The van der Waals surface area contributed by atoms with Crippen molar-refractivity contribution in [1.82, 2.24) is 15.0 Å². The van der Waals surface area contributed by atoms with E-state index in [1.807, 2.05) is 25.1 Å². The highest BCUT2D eigenvalue weighted by molar-refractivity contribution is 5.94. The molecule has 0 aliphatic heterocycles. The minimum Gasteiger partial charge on any atom is -0.431 e. The highest BCUT2D eigenvalue weighted by Crippen LogP contribution is 2.37. The Bertz CT molecular complexity index is 1310. The van der Waals surface area contributed by atoms with E-state index in [0.29, 0.717) is 22.5 Å². The number of rotatable bonds is 6. The summed E-state index contributed by atoms with van der Waals surface area (Å²) in [6.45, 7) is 3.31. The average molecular weight is 415 g/mol. The number of pyridine rings is 1. The molecule has 2 aromatic carbocycles. The van der Waals surface area contributed by atoms with Crippen molar-refractivity contribution in [3.8, 4) is 11.6 Å². The molecule has 0 saturated carbocycles. The molecule has 2 heterocycles. The van der Waals surface area contributed by atoms with E-state index in [9.17, 15) is 14.9 Å². The molecule has 4 rings (SSSR count). The first-order valence-electron chi connectivity index (χ1n) is 9.34. The fourth-order valence-corrected chi connectivity index (χ4v) is 3.02. The number of nitrogens with zero attached hydrogens (tertiary/aromatic N) is 4. The number of hydrogen-bond donors (Lipinski definition) is 1. The maximum absolute atomic E-state index is 11.8. The van der Waals surface area contributed by atoms with Gasteiger partial charge in [0, 0.05) is 22.3 Å². The van der Waals surface area contributed by atoms with E-state index in [2.05, 4.69) is 20.3 Å². The summed E-state index contributed by atoms with van der Waals surface area (Å²) in [4.78, 5) is 35.1. The molecule has 2 aromatic heterocycles. The molecule has 4 aromatic rings. The molecular formula is C22H17N5O4. The van der Waals surface area contributed by atoms with Gasteiger partial charge in [-0.3, -0.25) is 14.9 Å². The number of hydrogen-bond acceptors (Lipinski definition) is 8. The van der Waals surface area contributed by atoms with Gasteiger partial charge in [0.1, 0.15) is 11.8 Å². The second-order valence-electron chi connectivity index (χ2n) is 6.77. The zero-order chi connectivity index (χ0) is 22.0. The fraction of sp³-hybridized carbons (Fsp3) is 0.0909. The Hall–Kier alpha value is -4.40. The number of carbonyl (C=O) groups excluding carboxylic acids is 1. The Morgan fingerprint density at radius 1 is 1.06 bits per heavy atom. The van der Waals surface area contributed by atoms with Gasteiger partial charge in [-0.1, -0.05) is 18.2 Å². The molecule has 0 aliphatic carbocycles. The Labute approximate surface area is 176 Å². The van der Waals surface area contributed by atoms with Crippen LogP contribution < -0.4 is 10.1 Å². The van der Waals surface area contributed by atoms with Crippen molar-refractivity contribution in [2.75, 3.05) is 5.32 Å². The molecule has 0 radical (unpaired) electrons. The molecule has 154 valence electrons. The number of aromatic nitrogens is 3. The first kappa shape index (κ1) is 19.9. The summed E-state index contributed by atoms with van der Waals surface area (Å²) in [7, 11) is 0. The molecule has 1 N–H and O–H groups in total. The lowest BCUT2D eigenvalue weighted by molar-refractivity contribution is -0.385. The van der Waals surface area contributed by atoms with Crippen molar-refractivity contribution in [2.24, 2.45) is 0 Å². The predicted octanol–water partition coefficient (Wildman–Crippen LogP) is 4.98. The number of fused-ring (bicyclic) bond motifs is 1. The minimum absolute atomic E-state index is 0.0325. The molecule has 0 aliphatic rings. The SMILES string of the molecule is CC(=O)c1ccc(Nc2ncnc(Oc3cccc4ccc(C)nc34)c2[N+](=O)[O-])cc1. The summed E-state index contributed by atoms with van der Waals surface area (Å²) in [5.41, 5.74) is 2.01. The van der Waals surface area contributed by atoms with Crippen LogP contribution in [0.4, 0.5) is 17.2 Å². The molecule has 0 bridgehead atoms. The van der Waals surface area contributed by atoms with E-state index in [1.54, 1.807) is 36.4 Å². The third kappa shape index (κ3) is 4.15. The number of para-hydroxylation sites is 1. The monoisotopic (exact) mass is 415 g/mol. The van der Waals surface area contributed by atoms with Crippen LogP contribution in [0, 0.1) is 17.0 Å². The zero-order valence-electron chi connectivity index (χ0n) is 16.7. The van der Waals surface area contributed by atoms with Crippen LogP contribution >= 0.6 is 0 Å². The Morgan fingerprint density at radius 2 is 1.84 bits per heavy atom. The normalized spacial score (nSPS) is 10.6. The van der Waals surface area contributed by atoms with Crippen molar-refractivity contribution in [1.29, 1.82) is 0 Å². The van der Waals surface area contributed by atoms with E-state index < -0.39 is 10.6 Å². The standard InChI is InChI=1S/C22H17N5O4/c1-13-6-7-16-4-3-5-18(19(16)25-13)31-22-20(27(29)30)21(23-12-24-22)26-17-10-8-15(9-11-17)14(2)28/h3-12H,1-2H3,(H,23,24,26). The summed E-state index contributed by atoms with van der Waals surface area (Å²) < 4.78 is 5.83. The number of anilines is 2. The molecule has 0 amide bonds. The largest absolute Gasteiger partial charge is 0.431 e. The van der Waals surface area contributed by atoms with Crippen LogP contribution in [0.2, 0.25) is 0 Å². The van der Waals surface area contributed by atoms with Gasteiger partial charge in [0.05, 0.1) is 4.92 Å². The van der Waals surface area contributed by atoms with Gasteiger partial charge in [-0.05, 0) is 50.2 Å². The second-order valence-corrected chi connectivity index (χ2v) is 6.77. The number of nitro groups is 1. The van der Waals surface area contributed by atoms with Gasteiger partial charge in [-0.2, -0.15) is 4.98 Å². The fourth-order valence-electron chi connectivity index (χ4n) is 3.02. The van der Waals surface area contributed by atoms with Crippen molar-refractivity contribution in [3.05, 3.63) is 82.3 Å². The summed E-state index contributed by atoms with van der Waals surface area (Å²) in [5, 5.41) is 15.6. The van der Waals surface area contributed by atoms with E-state index >= 15 is 0 Å². The lowest BCUT2D eigenvalue weighted by atomic mass is 10.1. The quantitative estimate of drug-likeness (QED) is 0.266. The molecule has 0 fully saturated rings. The van der Waals surface area contributed by atoms with Gasteiger partial charge in [0.2, 0.25) is 5.82 Å². The Balaban J connectivity index is 1.72. The first-order chi connectivity index (χ1) is 14.9. The highest BCUT2D eigenvalue weighted by atomic mass is 16.6. The molecule has 0 atom stereocenters. The van der Waals surface area contributed by atoms with Crippen LogP contribution in [-0.4, -0.2) is 25.7 Å². The van der Waals surface area contributed by atoms with Crippen LogP contribution in [0.3, 0.4) is 0 Å². The van der Waals surface area contributed by atoms with E-state index in [-0.39, 0.29) is 17.5 Å². The number of benzene rings is 2. The number of ketones is 1. The molecule has 31 heavy (non-hydrogen) atoms. The third-order valence-electron chi connectivity index (χ3n) is 4.55. The zero-order valence-corrected chi connectivity index (χ0v) is 16.7. The van der Waals surface area contributed by atoms with Crippen LogP contribution in [0.1, 0.15) is 23.0 Å². The number of carbonyl (C=O) groups is 1. The average Bonchev–Trinajstić information content (AvgIpc) is 2.74. The van der Waals surface area contributed by atoms with Crippen molar-refractivity contribution in [2.45, 2.75) is 13.8 Å². The summed E-state index contributed by atoms with van der Waals surface area (Å²) >= 11 is 0. The van der Waals surface area contributed by atoms with E-state index in [0.717, 1.165) is 11.1 Å². The molecule has 0 saturated heterocycles. The van der Waals surface area contributed by atoms with Gasteiger partial charge in [-0.25, -0.2) is 9.97 Å². The van der Waals surface area contributed by atoms with Crippen molar-refractivity contribution >= 4 is 33.9 Å². The minimum atomic E-state index is -0.606. The smallest absolute Gasteiger partial charge is 0.373 e. The van der Waals surface area contributed by atoms with Crippen LogP contribution in [-0.2, 0) is 0 Å². The summed E-state index contributed by atoms with van der Waals surface area (Å²) in [6.07, 6.45) is 1.18. The van der Waals surface area contributed by atoms with Gasteiger partial charge in [-0.15, -0.1) is 0 Å². The lowest BCUT2D eigenvalue weighted by Crippen LogP contribution is -2.04. The van der Waals surface area contributed by atoms with Crippen LogP contribution in [0.5, 0.6) is 11.6 Å². The molecule has 9 heteroatoms. The summed E-state index contributed by atoms with van der Waals surface area (Å²) in [6, 6.07) is 15.6. The number of aryl methyl sites for hydroxylation is 1. The number of ether oxygens (including phenoxy) is 1. The third-order valence-corrected chi connectivity index (χ3v) is 4.55. The topological polar surface area (TPSA) is 120 Å². The molecule has 9 nitrogen and oxygen atoms in total. The molecule has 0 unspecified atom stereocenters. The maximum Gasteiger partial charge on any atom is 0.373 e. The van der Waals surface area contributed by atoms with Crippen LogP contribution in [0.15, 0.2) is 60.9 Å². The first-order valence-corrected chi connectivity index (χ1v) is 9.34. The van der Waals surface area contributed by atoms with Crippen LogP contribution in [0.25, 0.3) is 10.9 Å². The maximum atomic E-state index is 11.8. The van der Waals surface area contributed by atoms with Gasteiger partial charge in [0.15, 0.2) is 11.5 Å². The molecule has 0 spiro atoms. The van der Waals surface area contributed by atoms with Gasteiger partial charge >= 0.3 is 11.6 Å². The lowest BCUT2D eigenvalue weighted by Gasteiger charge is -2.11.